The number of amides is 2. The second-order valence-corrected chi connectivity index (χ2v) is 8.21. The molecule has 1 aromatic heterocycles. The van der Waals surface area contributed by atoms with Gasteiger partial charge in [0.15, 0.2) is 5.13 Å². The third kappa shape index (κ3) is 6.08. The van der Waals surface area contributed by atoms with Crippen LogP contribution in [0.1, 0.15) is 77.3 Å². The Hall–Kier alpha value is -1.43. The molecule has 0 radical (unpaired) electrons. The van der Waals surface area contributed by atoms with Gasteiger partial charge in [-0.2, -0.15) is 0 Å². The predicted octanol–water partition coefficient (Wildman–Crippen LogP) is 4.77. The maximum atomic E-state index is 13.2. The highest BCUT2D eigenvalue weighted by Crippen LogP contribution is 2.26. The molecule has 0 aliphatic heterocycles. The van der Waals surface area contributed by atoms with Crippen LogP contribution in [-0.2, 0) is 9.59 Å². The lowest BCUT2D eigenvalue weighted by Gasteiger charge is -2.36. The van der Waals surface area contributed by atoms with Crippen LogP contribution in [0.2, 0.25) is 0 Å². The quantitative estimate of drug-likeness (QED) is 0.672. The van der Waals surface area contributed by atoms with Gasteiger partial charge in [-0.15, -0.1) is 11.3 Å². The number of hydrogen-bond acceptors (Lipinski definition) is 4. The highest BCUT2D eigenvalue weighted by molar-refractivity contribution is 7.13. The largest absolute Gasteiger partial charge is 0.330 e. The van der Waals surface area contributed by atoms with E-state index in [0.29, 0.717) is 5.13 Å². The summed E-state index contributed by atoms with van der Waals surface area (Å²) in [5.74, 6) is 0.0636. The zero-order chi connectivity index (χ0) is 18.9. The van der Waals surface area contributed by atoms with E-state index < -0.39 is 0 Å². The fraction of sp³-hybridized carbons (Fsp3) is 0.750. The predicted molar refractivity (Wildman–Crippen MR) is 107 cm³/mol. The van der Waals surface area contributed by atoms with E-state index in [2.05, 4.69) is 24.1 Å². The molecule has 1 aliphatic carbocycles. The molecule has 1 heterocycles. The molecule has 146 valence electrons. The minimum atomic E-state index is -0.136. The highest BCUT2D eigenvalue weighted by atomic mass is 32.1. The lowest BCUT2D eigenvalue weighted by Crippen LogP contribution is -2.48. The Morgan fingerprint density at radius 2 is 2.04 bits per heavy atom. The van der Waals surface area contributed by atoms with Gasteiger partial charge in [0.05, 0.1) is 5.69 Å². The summed E-state index contributed by atoms with van der Waals surface area (Å²) in [6, 6.07) is 0.204. The molecule has 1 aliphatic rings. The summed E-state index contributed by atoms with van der Waals surface area (Å²) < 4.78 is 0. The van der Waals surface area contributed by atoms with Crippen molar-refractivity contribution >= 4 is 28.3 Å². The van der Waals surface area contributed by atoms with Crippen molar-refractivity contribution in [1.29, 1.82) is 0 Å². The first kappa shape index (κ1) is 20.9. The van der Waals surface area contributed by atoms with E-state index in [1.807, 2.05) is 17.2 Å². The summed E-state index contributed by atoms with van der Waals surface area (Å²) in [4.78, 5) is 31.9. The number of unbranched alkanes of at least 4 members (excludes halogenated alkanes) is 1. The van der Waals surface area contributed by atoms with Gasteiger partial charge in [-0.3, -0.25) is 9.59 Å². The number of carbonyl (C=O) groups is 2. The van der Waals surface area contributed by atoms with Crippen LogP contribution in [0.4, 0.5) is 5.13 Å². The van der Waals surface area contributed by atoms with Crippen molar-refractivity contribution in [2.24, 2.45) is 5.92 Å². The molecule has 0 bridgehead atoms. The average Bonchev–Trinajstić information content (AvgIpc) is 3.05. The van der Waals surface area contributed by atoms with Crippen LogP contribution in [0.5, 0.6) is 0 Å². The van der Waals surface area contributed by atoms with Gasteiger partial charge in [0.25, 0.3) is 0 Å². The number of nitrogens with one attached hydrogen (secondary N) is 1. The Morgan fingerprint density at radius 1 is 1.31 bits per heavy atom. The minimum absolute atomic E-state index is 0.0341. The third-order valence-electron chi connectivity index (χ3n) is 5.23. The molecule has 1 saturated carbocycles. The molecule has 1 unspecified atom stereocenters. The number of nitrogens with zero attached hydrogens (tertiary/aromatic N) is 2. The Balaban J connectivity index is 2.06. The summed E-state index contributed by atoms with van der Waals surface area (Å²) in [6.07, 6.45) is 9.47. The molecular formula is C20H33N3O2S. The van der Waals surface area contributed by atoms with Crippen molar-refractivity contribution < 1.29 is 9.59 Å². The molecule has 1 N–H and O–H groups in total. The van der Waals surface area contributed by atoms with E-state index in [0.717, 1.165) is 57.1 Å². The van der Waals surface area contributed by atoms with Crippen molar-refractivity contribution in [3.8, 4) is 0 Å². The second kappa shape index (κ2) is 10.7. The van der Waals surface area contributed by atoms with Crippen LogP contribution in [0.3, 0.4) is 0 Å². The summed E-state index contributed by atoms with van der Waals surface area (Å²) >= 11 is 1.42. The standard InChI is InChI=1S/C20H33N3O2S/c1-4-6-10-16(5-2)19(25)23(17-11-8-7-9-12-17)13-18(24)22-20-21-15(3)14-26-20/h14,16-17H,4-13H2,1-3H3,(H,21,22,24). The van der Waals surface area contributed by atoms with Crippen molar-refractivity contribution in [3.63, 3.8) is 0 Å². The Morgan fingerprint density at radius 3 is 2.62 bits per heavy atom. The zero-order valence-electron chi connectivity index (χ0n) is 16.4. The molecule has 6 heteroatoms. The number of thiazole rings is 1. The van der Waals surface area contributed by atoms with Gasteiger partial charge in [0.1, 0.15) is 6.54 Å². The highest BCUT2D eigenvalue weighted by Gasteiger charge is 2.31. The summed E-state index contributed by atoms with van der Waals surface area (Å²) in [6.45, 7) is 6.28. The van der Waals surface area contributed by atoms with Gasteiger partial charge in [-0.25, -0.2) is 4.98 Å². The van der Waals surface area contributed by atoms with Crippen molar-refractivity contribution in [1.82, 2.24) is 9.88 Å². The van der Waals surface area contributed by atoms with E-state index in [1.165, 1.54) is 17.8 Å². The normalized spacial score (nSPS) is 16.3. The number of carbonyl (C=O) groups excluding carboxylic acids is 2. The van der Waals surface area contributed by atoms with E-state index >= 15 is 0 Å². The fourth-order valence-corrected chi connectivity index (χ4v) is 4.40. The average molecular weight is 380 g/mol. The fourth-order valence-electron chi connectivity index (χ4n) is 3.69. The van der Waals surface area contributed by atoms with Crippen LogP contribution in [-0.4, -0.2) is 34.3 Å². The maximum absolute atomic E-state index is 13.2. The lowest BCUT2D eigenvalue weighted by molar-refractivity contribution is -0.142. The Kier molecular flexibility index (Phi) is 8.55. The van der Waals surface area contributed by atoms with Gasteiger partial charge < -0.3 is 10.2 Å². The molecule has 2 rings (SSSR count). The lowest BCUT2D eigenvalue weighted by atomic mass is 9.91. The van der Waals surface area contributed by atoms with Crippen molar-refractivity contribution in [3.05, 3.63) is 11.1 Å². The monoisotopic (exact) mass is 379 g/mol. The zero-order valence-corrected chi connectivity index (χ0v) is 17.2. The molecule has 0 aromatic carbocycles. The summed E-state index contributed by atoms with van der Waals surface area (Å²) in [5.41, 5.74) is 0.899. The molecule has 1 aromatic rings. The van der Waals surface area contributed by atoms with E-state index in [4.69, 9.17) is 0 Å². The van der Waals surface area contributed by atoms with Gasteiger partial charge in [0, 0.05) is 17.3 Å². The topological polar surface area (TPSA) is 62.3 Å². The van der Waals surface area contributed by atoms with Crippen LogP contribution >= 0.6 is 11.3 Å². The van der Waals surface area contributed by atoms with Gasteiger partial charge >= 0.3 is 0 Å². The van der Waals surface area contributed by atoms with Crippen molar-refractivity contribution in [2.45, 2.75) is 84.6 Å². The van der Waals surface area contributed by atoms with Gasteiger partial charge in [0.2, 0.25) is 11.8 Å². The van der Waals surface area contributed by atoms with Gasteiger partial charge in [-0.1, -0.05) is 46.0 Å². The number of aromatic nitrogens is 1. The molecule has 1 fully saturated rings. The first-order chi connectivity index (χ1) is 12.5. The van der Waals surface area contributed by atoms with Crippen LogP contribution in [0.25, 0.3) is 0 Å². The maximum Gasteiger partial charge on any atom is 0.245 e. The number of anilines is 1. The number of aryl methyl sites for hydroxylation is 1. The van der Waals surface area contributed by atoms with Crippen molar-refractivity contribution in [2.75, 3.05) is 11.9 Å². The third-order valence-corrected chi connectivity index (χ3v) is 6.10. The Bertz CT molecular complexity index is 581. The van der Waals surface area contributed by atoms with Crippen LogP contribution in [0.15, 0.2) is 5.38 Å². The van der Waals surface area contributed by atoms with E-state index in [1.54, 1.807) is 0 Å². The minimum Gasteiger partial charge on any atom is -0.330 e. The molecule has 5 nitrogen and oxygen atoms in total. The molecule has 0 spiro atoms. The molecule has 26 heavy (non-hydrogen) atoms. The van der Waals surface area contributed by atoms with Crippen LogP contribution < -0.4 is 5.32 Å². The SMILES string of the molecule is CCCCC(CC)C(=O)N(CC(=O)Nc1nc(C)cs1)C1CCCCC1. The first-order valence-corrected chi connectivity index (χ1v) is 11.0. The number of hydrogen-bond donors (Lipinski definition) is 1. The molecule has 0 saturated heterocycles. The van der Waals surface area contributed by atoms with E-state index in [-0.39, 0.29) is 30.3 Å². The number of rotatable bonds is 9. The summed E-state index contributed by atoms with van der Waals surface area (Å²) in [5, 5.41) is 5.39. The van der Waals surface area contributed by atoms with Crippen LogP contribution in [0, 0.1) is 12.8 Å². The molecular weight excluding hydrogens is 346 g/mol. The van der Waals surface area contributed by atoms with E-state index in [9.17, 15) is 9.59 Å². The first-order valence-electron chi connectivity index (χ1n) is 10.1. The Labute approximate surface area is 161 Å². The van der Waals surface area contributed by atoms with Gasteiger partial charge in [-0.05, 0) is 32.6 Å². The molecule has 2 amide bonds. The molecule has 1 atom stereocenters. The smallest absolute Gasteiger partial charge is 0.245 e. The summed E-state index contributed by atoms with van der Waals surface area (Å²) in [7, 11) is 0. The second-order valence-electron chi connectivity index (χ2n) is 7.35.